The van der Waals surface area contributed by atoms with E-state index >= 15 is 0 Å². The Morgan fingerprint density at radius 2 is 1.78 bits per heavy atom. The molecule has 194 valence electrons. The molecule has 1 atom stereocenters. The van der Waals surface area contributed by atoms with Crippen LogP contribution in [0.4, 0.5) is 0 Å². The molecule has 9 nitrogen and oxygen atoms in total. The monoisotopic (exact) mass is 515 g/mol. The van der Waals surface area contributed by atoms with Gasteiger partial charge >= 0.3 is 0 Å². The summed E-state index contributed by atoms with van der Waals surface area (Å²) in [5.74, 6) is -0.715. The fourth-order valence-electron chi connectivity index (χ4n) is 4.61. The van der Waals surface area contributed by atoms with Gasteiger partial charge in [-0.2, -0.15) is 4.72 Å². The Hall–Kier alpha value is -3.21. The zero-order chi connectivity index (χ0) is 26.9. The predicted molar refractivity (Wildman–Crippen MR) is 137 cm³/mol. The summed E-state index contributed by atoms with van der Waals surface area (Å²) in [6, 6.07) is 4.57. The first-order chi connectivity index (χ1) is 16.8. The zero-order valence-corrected chi connectivity index (χ0v) is 22.4. The molecule has 0 saturated heterocycles. The molecule has 4 N–H and O–H groups in total. The van der Waals surface area contributed by atoms with E-state index in [-0.39, 0.29) is 10.7 Å². The summed E-state index contributed by atoms with van der Waals surface area (Å²) >= 11 is 0. The molecular weight excluding hydrogens is 482 g/mol. The number of benzene rings is 2. The summed E-state index contributed by atoms with van der Waals surface area (Å²) in [6.45, 7) is 10.1. The third kappa shape index (κ3) is 5.02. The number of methoxy groups -OCH3 is 1. The van der Waals surface area contributed by atoms with Gasteiger partial charge in [0, 0.05) is 34.6 Å². The first kappa shape index (κ1) is 27.4. The van der Waals surface area contributed by atoms with Crippen molar-refractivity contribution in [2.75, 3.05) is 7.11 Å². The van der Waals surface area contributed by atoms with Crippen LogP contribution < -0.4 is 14.9 Å². The molecule has 0 radical (unpaired) electrons. The highest BCUT2D eigenvalue weighted by atomic mass is 32.2. The number of aromatic amines is 1. The van der Waals surface area contributed by atoms with E-state index in [2.05, 4.69) is 9.71 Å². The van der Waals surface area contributed by atoms with Crippen molar-refractivity contribution in [3.63, 3.8) is 0 Å². The SMILES string of the molecule is COc1c(C)c(C)c(S(=O)(=O)N[C@@H](C(=O)NO)C(C)C)c(C)c1Cc1ccc2[nH]cc(C(C)=O)c2c1. The Bertz CT molecular complexity index is 1440. The number of carbonyl (C=O) groups excluding carboxylic acids is 2. The van der Waals surface area contributed by atoms with Crippen molar-refractivity contribution >= 4 is 32.6 Å². The Balaban J connectivity index is 2.17. The molecule has 10 heteroatoms. The van der Waals surface area contributed by atoms with Crippen LogP contribution in [0.2, 0.25) is 0 Å². The van der Waals surface area contributed by atoms with Gasteiger partial charge in [0.15, 0.2) is 5.78 Å². The van der Waals surface area contributed by atoms with E-state index in [9.17, 15) is 18.0 Å². The topological polar surface area (TPSA) is 138 Å². The van der Waals surface area contributed by atoms with Crippen LogP contribution in [0.1, 0.15) is 58.9 Å². The highest BCUT2D eigenvalue weighted by Gasteiger charge is 2.32. The fourth-order valence-corrected chi connectivity index (χ4v) is 6.52. The highest BCUT2D eigenvalue weighted by molar-refractivity contribution is 7.89. The number of carbonyl (C=O) groups is 2. The van der Waals surface area contributed by atoms with E-state index in [1.165, 1.54) is 12.4 Å². The molecular formula is C26H33N3O6S. The first-order valence-electron chi connectivity index (χ1n) is 11.6. The maximum atomic E-state index is 13.6. The van der Waals surface area contributed by atoms with Gasteiger partial charge in [0.2, 0.25) is 10.0 Å². The van der Waals surface area contributed by atoms with Crippen molar-refractivity contribution < 1.29 is 28.0 Å². The molecule has 0 bridgehead atoms. The minimum Gasteiger partial charge on any atom is -0.496 e. The average Bonchev–Trinajstić information content (AvgIpc) is 3.24. The van der Waals surface area contributed by atoms with E-state index in [1.807, 2.05) is 18.2 Å². The average molecular weight is 516 g/mol. The number of hydrogen-bond acceptors (Lipinski definition) is 6. The van der Waals surface area contributed by atoms with Gasteiger partial charge in [-0.15, -0.1) is 0 Å². The van der Waals surface area contributed by atoms with Gasteiger partial charge in [-0.05, 0) is 68.0 Å². The number of H-pyrrole nitrogens is 1. The van der Waals surface area contributed by atoms with E-state index in [1.54, 1.807) is 47.9 Å². The van der Waals surface area contributed by atoms with Gasteiger partial charge in [-0.3, -0.25) is 14.8 Å². The molecule has 1 amide bonds. The van der Waals surface area contributed by atoms with Crippen LogP contribution in [-0.4, -0.2) is 43.5 Å². The van der Waals surface area contributed by atoms with Crippen LogP contribution in [-0.2, 0) is 21.2 Å². The van der Waals surface area contributed by atoms with E-state index in [0.29, 0.717) is 40.0 Å². The molecule has 3 aromatic rings. The minimum atomic E-state index is -4.15. The second-order valence-corrected chi connectivity index (χ2v) is 11.0. The number of aromatic nitrogens is 1. The number of hydroxylamine groups is 1. The lowest BCUT2D eigenvalue weighted by Crippen LogP contribution is -2.49. The van der Waals surface area contributed by atoms with Crippen LogP contribution in [0.3, 0.4) is 0 Å². The maximum Gasteiger partial charge on any atom is 0.261 e. The van der Waals surface area contributed by atoms with Crippen molar-refractivity contribution in [1.82, 2.24) is 15.2 Å². The van der Waals surface area contributed by atoms with Gasteiger partial charge in [0.1, 0.15) is 11.8 Å². The summed E-state index contributed by atoms with van der Waals surface area (Å²) in [5.41, 5.74) is 6.19. The Morgan fingerprint density at radius 1 is 1.11 bits per heavy atom. The van der Waals surface area contributed by atoms with Crippen LogP contribution in [0, 0.1) is 26.7 Å². The van der Waals surface area contributed by atoms with Crippen LogP contribution in [0.5, 0.6) is 5.75 Å². The Morgan fingerprint density at radius 3 is 2.33 bits per heavy atom. The van der Waals surface area contributed by atoms with Crippen molar-refractivity contribution in [3.8, 4) is 5.75 Å². The van der Waals surface area contributed by atoms with Crippen molar-refractivity contribution in [1.29, 1.82) is 0 Å². The molecule has 0 fully saturated rings. The zero-order valence-electron chi connectivity index (χ0n) is 21.6. The number of amides is 1. The Kier molecular flexibility index (Phi) is 7.92. The van der Waals surface area contributed by atoms with Crippen LogP contribution in [0.25, 0.3) is 10.9 Å². The molecule has 2 aromatic carbocycles. The summed E-state index contributed by atoms with van der Waals surface area (Å²) in [4.78, 5) is 27.3. The van der Waals surface area contributed by atoms with E-state index in [0.717, 1.165) is 16.5 Å². The third-order valence-corrected chi connectivity index (χ3v) is 8.35. The molecule has 0 unspecified atom stereocenters. The molecule has 0 aliphatic heterocycles. The van der Waals surface area contributed by atoms with Gasteiger partial charge in [0.05, 0.1) is 12.0 Å². The smallest absolute Gasteiger partial charge is 0.261 e. The van der Waals surface area contributed by atoms with Gasteiger partial charge in [-0.25, -0.2) is 13.9 Å². The van der Waals surface area contributed by atoms with Gasteiger partial charge in [0.25, 0.3) is 5.91 Å². The lowest BCUT2D eigenvalue weighted by Gasteiger charge is -2.25. The normalized spacial score (nSPS) is 12.7. The number of rotatable bonds is 9. The largest absolute Gasteiger partial charge is 0.496 e. The minimum absolute atomic E-state index is 0.0515. The lowest BCUT2D eigenvalue weighted by molar-refractivity contribution is -0.131. The number of Topliss-reactive ketones (excluding diaryl/α,β-unsaturated/α-hetero) is 1. The molecule has 0 spiro atoms. The predicted octanol–water partition coefficient (Wildman–Crippen LogP) is 3.70. The Labute approximate surface area is 211 Å². The lowest BCUT2D eigenvalue weighted by atomic mass is 9.93. The molecule has 1 heterocycles. The van der Waals surface area contributed by atoms with Gasteiger partial charge in [-0.1, -0.05) is 19.9 Å². The molecule has 1 aromatic heterocycles. The number of ketones is 1. The quantitative estimate of drug-likeness (QED) is 0.195. The molecule has 3 rings (SSSR count). The number of hydrogen-bond donors (Lipinski definition) is 4. The summed E-state index contributed by atoms with van der Waals surface area (Å²) in [6.07, 6.45) is 2.05. The number of ether oxygens (including phenoxy) is 1. The van der Waals surface area contributed by atoms with Crippen molar-refractivity contribution in [3.05, 3.63) is 57.8 Å². The third-order valence-electron chi connectivity index (χ3n) is 6.63. The number of sulfonamides is 1. The second kappa shape index (κ2) is 10.4. The highest BCUT2D eigenvalue weighted by Crippen LogP contribution is 2.37. The first-order valence-corrected chi connectivity index (χ1v) is 13.1. The fraction of sp³-hybridized carbons (Fsp3) is 0.385. The molecule has 0 aliphatic carbocycles. The van der Waals surface area contributed by atoms with Gasteiger partial charge < -0.3 is 9.72 Å². The molecule has 0 aliphatic rings. The maximum absolute atomic E-state index is 13.6. The van der Waals surface area contributed by atoms with Crippen molar-refractivity contribution in [2.24, 2.45) is 5.92 Å². The molecule has 0 saturated carbocycles. The van der Waals surface area contributed by atoms with E-state index in [4.69, 9.17) is 9.94 Å². The van der Waals surface area contributed by atoms with E-state index < -0.39 is 27.9 Å². The summed E-state index contributed by atoms with van der Waals surface area (Å²) in [7, 11) is -2.61. The van der Waals surface area contributed by atoms with Crippen molar-refractivity contribution in [2.45, 2.75) is 58.9 Å². The molecule has 36 heavy (non-hydrogen) atoms. The number of fused-ring (bicyclic) bond motifs is 1. The number of nitrogens with one attached hydrogen (secondary N) is 3. The summed E-state index contributed by atoms with van der Waals surface area (Å²) < 4.78 is 35.3. The van der Waals surface area contributed by atoms with Crippen LogP contribution >= 0.6 is 0 Å². The standard InChI is InChI=1S/C26H33N3O6S/c1-13(2)23(26(31)28-32)29-36(33,34)25-15(4)14(3)24(35-7)19(16(25)5)10-18-8-9-22-20(11-18)21(12-27-22)17(6)30/h8-9,11-13,23,27,29,32H,10H2,1-7H3,(H,28,31)/t23-/m1/s1. The second-order valence-electron chi connectivity index (χ2n) is 9.35. The van der Waals surface area contributed by atoms with Crippen LogP contribution in [0.15, 0.2) is 29.3 Å². The summed E-state index contributed by atoms with van der Waals surface area (Å²) in [5, 5.41) is 9.89.